The molecule has 0 saturated heterocycles. The summed E-state index contributed by atoms with van der Waals surface area (Å²) in [5.41, 5.74) is 5.38. The molecule has 4 rings (SSSR count). The topological polar surface area (TPSA) is 39.0 Å². The number of aromatic nitrogens is 1. The number of fused-ring (bicyclic) bond motifs is 4. The maximum absolute atomic E-state index is 9.79. The van der Waals surface area contributed by atoms with Gasteiger partial charge in [0.05, 0.1) is 12.5 Å². The maximum atomic E-state index is 9.79. The number of aliphatic hydroxyl groups excluding tert-OH is 1. The van der Waals surface area contributed by atoms with Crippen LogP contribution in [-0.4, -0.2) is 40.1 Å². The van der Waals surface area contributed by atoms with Crippen LogP contribution >= 0.6 is 0 Å². The summed E-state index contributed by atoms with van der Waals surface area (Å²) in [5, 5.41) is 11.2. The fourth-order valence-corrected chi connectivity index (χ4v) is 4.25. The van der Waals surface area contributed by atoms with E-state index in [-0.39, 0.29) is 6.61 Å². The summed E-state index contributed by atoms with van der Waals surface area (Å²) in [7, 11) is 0. The SMILES string of the molecule is CCC1C[N+]2=C(c3[nH]c4ccccc4c31)[C@H](CO)CCC2. The van der Waals surface area contributed by atoms with Gasteiger partial charge in [0, 0.05) is 28.8 Å². The average molecular weight is 283 g/mol. The van der Waals surface area contributed by atoms with Crippen molar-refractivity contribution in [1.29, 1.82) is 0 Å². The molecule has 21 heavy (non-hydrogen) atoms. The van der Waals surface area contributed by atoms with Gasteiger partial charge in [0.15, 0.2) is 0 Å². The van der Waals surface area contributed by atoms with Crippen molar-refractivity contribution in [1.82, 2.24) is 4.98 Å². The highest BCUT2D eigenvalue weighted by Gasteiger charge is 2.40. The molecule has 2 aliphatic heterocycles. The van der Waals surface area contributed by atoms with Crippen molar-refractivity contribution in [2.75, 3.05) is 19.7 Å². The van der Waals surface area contributed by atoms with E-state index >= 15 is 0 Å². The monoisotopic (exact) mass is 283 g/mol. The number of nitrogens with one attached hydrogen (secondary N) is 1. The number of benzene rings is 1. The van der Waals surface area contributed by atoms with Gasteiger partial charge < -0.3 is 10.1 Å². The van der Waals surface area contributed by atoms with Crippen LogP contribution in [0.25, 0.3) is 10.9 Å². The molecular weight excluding hydrogens is 260 g/mol. The number of aliphatic hydroxyl groups is 1. The lowest BCUT2D eigenvalue weighted by Gasteiger charge is -2.29. The number of hydrogen-bond acceptors (Lipinski definition) is 1. The molecule has 1 aromatic heterocycles. The highest BCUT2D eigenvalue weighted by molar-refractivity contribution is 6.05. The molecule has 1 unspecified atom stereocenters. The van der Waals surface area contributed by atoms with Crippen molar-refractivity contribution in [2.24, 2.45) is 5.92 Å². The molecule has 0 radical (unpaired) electrons. The molecule has 110 valence electrons. The Morgan fingerprint density at radius 2 is 2.14 bits per heavy atom. The quantitative estimate of drug-likeness (QED) is 0.817. The van der Waals surface area contributed by atoms with Gasteiger partial charge in [-0.25, -0.2) is 4.58 Å². The summed E-state index contributed by atoms with van der Waals surface area (Å²) in [6, 6.07) is 8.63. The Hall–Kier alpha value is -1.61. The highest BCUT2D eigenvalue weighted by Crippen LogP contribution is 2.37. The Morgan fingerprint density at radius 3 is 2.95 bits per heavy atom. The number of rotatable bonds is 2. The second-order valence-corrected chi connectivity index (χ2v) is 6.42. The van der Waals surface area contributed by atoms with E-state index in [2.05, 4.69) is 40.7 Å². The van der Waals surface area contributed by atoms with Crippen LogP contribution in [0.4, 0.5) is 0 Å². The van der Waals surface area contributed by atoms with Crippen LogP contribution in [0.5, 0.6) is 0 Å². The predicted molar refractivity (Wildman–Crippen MR) is 85.2 cm³/mol. The molecule has 2 aliphatic rings. The molecule has 3 heteroatoms. The molecule has 0 bridgehead atoms. The number of aromatic amines is 1. The van der Waals surface area contributed by atoms with E-state index in [1.54, 1.807) is 0 Å². The van der Waals surface area contributed by atoms with E-state index in [1.165, 1.54) is 40.7 Å². The fraction of sp³-hybridized carbons (Fsp3) is 0.500. The first-order valence-corrected chi connectivity index (χ1v) is 8.17. The molecular formula is C18H23N2O+. The van der Waals surface area contributed by atoms with E-state index < -0.39 is 0 Å². The van der Waals surface area contributed by atoms with Gasteiger partial charge in [-0.3, -0.25) is 0 Å². The molecule has 1 aromatic carbocycles. The Morgan fingerprint density at radius 1 is 1.29 bits per heavy atom. The van der Waals surface area contributed by atoms with Gasteiger partial charge >= 0.3 is 0 Å². The zero-order valence-corrected chi connectivity index (χ0v) is 12.6. The van der Waals surface area contributed by atoms with Gasteiger partial charge in [0.2, 0.25) is 5.71 Å². The van der Waals surface area contributed by atoms with Gasteiger partial charge in [0.25, 0.3) is 0 Å². The summed E-state index contributed by atoms with van der Waals surface area (Å²) in [6.07, 6.45) is 3.47. The zero-order chi connectivity index (χ0) is 14.4. The van der Waals surface area contributed by atoms with Crippen molar-refractivity contribution in [3.05, 3.63) is 35.5 Å². The summed E-state index contributed by atoms with van der Waals surface area (Å²) < 4.78 is 2.52. The van der Waals surface area contributed by atoms with Crippen molar-refractivity contribution in [3.8, 4) is 0 Å². The van der Waals surface area contributed by atoms with Crippen LogP contribution in [0.1, 0.15) is 43.4 Å². The molecule has 0 saturated carbocycles. The summed E-state index contributed by atoms with van der Waals surface area (Å²) >= 11 is 0. The first-order valence-electron chi connectivity index (χ1n) is 8.17. The average Bonchev–Trinajstić information content (AvgIpc) is 2.93. The lowest BCUT2D eigenvalue weighted by atomic mass is 9.82. The van der Waals surface area contributed by atoms with Gasteiger partial charge in [-0.15, -0.1) is 0 Å². The van der Waals surface area contributed by atoms with Crippen LogP contribution in [0.2, 0.25) is 0 Å². The van der Waals surface area contributed by atoms with E-state index in [0.29, 0.717) is 11.8 Å². The summed E-state index contributed by atoms with van der Waals surface area (Å²) in [6.45, 7) is 4.79. The molecule has 0 spiro atoms. The molecule has 3 nitrogen and oxygen atoms in total. The second kappa shape index (κ2) is 4.99. The smallest absolute Gasteiger partial charge is 0.205 e. The molecule has 0 fully saturated rings. The Labute approximate surface area is 125 Å². The van der Waals surface area contributed by atoms with Crippen LogP contribution in [0, 0.1) is 5.92 Å². The third-order valence-electron chi connectivity index (χ3n) is 5.27. The molecule has 2 aromatic rings. The van der Waals surface area contributed by atoms with Gasteiger partial charge in [0.1, 0.15) is 18.8 Å². The second-order valence-electron chi connectivity index (χ2n) is 6.42. The Balaban J connectivity index is 1.99. The van der Waals surface area contributed by atoms with E-state index in [4.69, 9.17) is 0 Å². The van der Waals surface area contributed by atoms with Gasteiger partial charge in [-0.2, -0.15) is 0 Å². The van der Waals surface area contributed by atoms with Gasteiger partial charge in [-0.1, -0.05) is 25.1 Å². The molecule has 0 amide bonds. The van der Waals surface area contributed by atoms with Crippen molar-refractivity contribution in [2.45, 2.75) is 32.1 Å². The minimum Gasteiger partial charge on any atom is -0.395 e. The zero-order valence-electron chi connectivity index (χ0n) is 12.6. The minimum absolute atomic E-state index is 0.261. The fourth-order valence-electron chi connectivity index (χ4n) is 4.25. The number of nitrogens with zero attached hydrogens (tertiary/aromatic N) is 1. The number of H-pyrrole nitrogens is 1. The van der Waals surface area contributed by atoms with E-state index in [1.807, 2.05) is 0 Å². The molecule has 0 aliphatic carbocycles. The number of para-hydroxylation sites is 1. The minimum atomic E-state index is 0.261. The Kier molecular flexibility index (Phi) is 3.11. The summed E-state index contributed by atoms with van der Waals surface area (Å²) in [5.74, 6) is 0.890. The maximum Gasteiger partial charge on any atom is 0.205 e. The largest absolute Gasteiger partial charge is 0.395 e. The van der Waals surface area contributed by atoms with Crippen LogP contribution in [-0.2, 0) is 0 Å². The lowest BCUT2D eigenvalue weighted by molar-refractivity contribution is -0.539. The predicted octanol–water partition coefficient (Wildman–Crippen LogP) is 2.88. The third-order valence-corrected chi connectivity index (χ3v) is 5.27. The molecule has 2 N–H and O–H groups in total. The van der Waals surface area contributed by atoms with E-state index in [0.717, 1.165) is 19.5 Å². The van der Waals surface area contributed by atoms with E-state index in [9.17, 15) is 5.11 Å². The Bertz CT molecular complexity index is 713. The van der Waals surface area contributed by atoms with Crippen LogP contribution < -0.4 is 0 Å². The van der Waals surface area contributed by atoms with Crippen LogP contribution in [0.15, 0.2) is 24.3 Å². The first-order chi connectivity index (χ1) is 10.3. The first kappa shape index (κ1) is 13.1. The van der Waals surface area contributed by atoms with Crippen molar-refractivity contribution in [3.63, 3.8) is 0 Å². The standard InChI is InChI=1S/C18H22N2O/c1-2-12-10-20-9-5-6-13(11-21)18(20)17-16(12)14-7-3-4-8-15(14)19-17/h3-4,7-8,12-13,21H,2,5-6,9-11H2,1H3/p+1/t12?,13-/m0/s1. The van der Waals surface area contributed by atoms with Crippen molar-refractivity contribution < 1.29 is 9.68 Å². The van der Waals surface area contributed by atoms with Crippen LogP contribution in [0.3, 0.4) is 0 Å². The normalized spacial score (nSPS) is 25.0. The highest BCUT2D eigenvalue weighted by atomic mass is 16.3. The number of hydrogen-bond donors (Lipinski definition) is 2. The lowest BCUT2D eigenvalue weighted by Crippen LogP contribution is -2.41. The molecule has 2 atom stereocenters. The van der Waals surface area contributed by atoms with Gasteiger partial charge in [-0.05, 0) is 18.9 Å². The van der Waals surface area contributed by atoms with Crippen molar-refractivity contribution >= 4 is 16.6 Å². The summed E-state index contributed by atoms with van der Waals surface area (Å²) in [4.78, 5) is 3.65. The molecule has 3 heterocycles. The third kappa shape index (κ3) is 1.87.